The lowest BCUT2D eigenvalue weighted by Crippen LogP contribution is -2.11. The van der Waals surface area contributed by atoms with Crippen LogP contribution in [-0.2, 0) is 16.1 Å². The van der Waals surface area contributed by atoms with Crippen LogP contribution in [0.1, 0.15) is 31.9 Å². The van der Waals surface area contributed by atoms with Crippen molar-refractivity contribution in [3.63, 3.8) is 0 Å². The Bertz CT molecular complexity index is 748. The van der Waals surface area contributed by atoms with Crippen LogP contribution in [0.25, 0.3) is 11.0 Å². The van der Waals surface area contributed by atoms with Gasteiger partial charge in [-0.05, 0) is 28.7 Å². The Morgan fingerprint density at radius 2 is 1.85 bits per heavy atom. The Hall–Kier alpha value is -1.42. The van der Waals surface area contributed by atoms with Crippen molar-refractivity contribution in [2.45, 2.75) is 32.3 Å². The fourth-order valence-electron chi connectivity index (χ4n) is 2.05. The predicted molar refractivity (Wildman–Crippen MR) is 76.9 cm³/mol. The number of hydrogen-bond acceptors (Lipinski definition) is 3. The number of benzene rings is 1. The Labute approximate surface area is 116 Å². The Kier molecular flexibility index (Phi) is 3.63. The normalized spacial score (nSPS) is 12.8. The summed E-state index contributed by atoms with van der Waals surface area (Å²) >= 11 is 0. The van der Waals surface area contributed by atoms with Gasteiger partial charge in [0, 0.05) is 11.5 Å². The predicted octanol–water partition coefficient (Wildman–Crippen LogP) is 2.77. The summed E-state index contributed by atoms with van der Waals surface area (Å²) in [5.41, 5.74) is 0.948. The average molecular weight is 296 g/mol. The summed E-state index contributed by atoms with van der Waals surface area (Å²) in [6.07, 6.45) is -0.470. The van der Waals surface area contributed by atoms with E-state index in [0.29, 0.717) is 16.5 Å². The van der Waals surface area contributed by atoms with Crippen LogP contribution in [0.3, 0.4) is 0 Å². The molecule has 1 aromatic heterocycles. The average Bonchev–Trinajstić information content (AvgIpc) is 2.24. The second kappa shape index (κ2) is 4.85. The molecule has 0 bridgehead atoms. The molecule has 1 heterocycles. The maximum absolute atomic E-state index is 11.5. The summed E-state index contributed by atoms with van der Waals surface area (Å²) < 4.78 is 16.3. The monoisotopic (exact) mass is 296 g/mol. The molecule has 0 unspecified atom stereocenters. The van der Waals surface area contributed by atoms with Gasteiger partial charge in [-0.2, -0.15) is 0 Å². The molecule has 0 saturated heterocycles. The molecule has 2 aromatic rings. The van der Waals surface area contributed by atoms with Gasteiger partial charge in [0.25, 0.3) is 0 Å². The number of fused-ring (bicyclic) bond motifs is 1. The van der Waals surface area contributed by atoms with Crippen LogP contribution in [0, 0.1) is 0 Å². The van der Waals surface area contributed by atoms with Gasteiger partial charge in [0.2, 0.25) is 0 Å². The lowest BCUT2D eigenvalue weighted by Gasteiger charge is -2.19. The highest BCUT2D eigenvalue weighted by atomic mass is 31.2. The van der Waals surface area contributed by atoms with Gasteiger partial charge in [-0.25, -0.2) is 4.79 Å². The molecule has 20 heavy (non-hydrogen) atoms. The molecule has 108 valence electrons. The van der Waals surface area contributed by atoms with Gasteiger partial charge in [0.05, 0.1) is 6.16 Å². The fourth-order valence-corrected chi connectivity index (χ4v) is 2.75. The van der Waals surface area contributed by atoms with Crippen molar-refractivity contribution in [1.29, 1.82) is 0 Å². The standard InChI is InChI=1S/C14H17O5P/c1-14(2,3)10-4-5-12-11(7-10)9(6-13(15)19-12)8-20(16,17)18/h4-7H,8H2,1-3H3,(H2,16,17,18). The van der Waals surface area contributed by atoms with Gasteiger partial charge in [-0.3, -0.25) is 4.57 Å². The van der Waals surface area contributed by atoms with Crippen LogP contribution in [-0.4, -0.2) is 9.79 Å². The third-order valence-electron chi connectivity index (χ3n) is 3.07. The first kappa shape index (κ1) is 15.0. The van der Waals surface area contributed by atoms with Crippen molar-refractivity contribution in [1.82, 2.24) is 0 Å². The molecule has 6 heteroatoms. The van der Waals surface area contributed by atoms with Crippen molar-refractivity contribution in [3.05, 3.63) is 45.8 Å². The van der Waals surface area contributed by atoms with E-state index in [1.165, 1.54) is 0 Å². The fraction of sp³-hybridized carbons (Fsp3) is 0.357. The minimum atomic E-state index is -4.25. The van der Waals surface area contributed by atoms with Gasteiger partial charge in [0.1, 0.15) is 5.58 Å². The summed E-state index contributed by atoms with van der Waals surface area (Å²) in [4.78, 5) is 29.7. The van der Waals surface area contributed by atoms with Crippen molar-refractivity contribution in [2.75, 3.05) is 0 Å². The van der Waals surface area contributed by atoms with E-state index in [2.05, 4.69) is 0 Å². The first-order valence-corrected chi connectivity index (χ1v) is 7.98. The maximum Gasteiger partial charge on any atom is 0.336 e. The molecule has 0 radical (unpaired) electrons. The minimum absolute atomic E-state index is 0.107. The molecule has 0 aliphatic rings. The van der Waals surface area contributed by atoms with Crippen molar-refractivity contribution in [2.24, 2.45) is 0 Å². The molecule has 0 saturated carbocycles. The van der Waals surface area contributed by atoms with E-state index < -0.39 is 19.4 Å². The first-order chi connectivity index (χ1) is 9.06. The zero-order valence-corrected chi connectivity index (χ0v) is 12.5. The minimum Gasteiger partial charge on any atom is -0.423 e. The largest absolute Gasteiger partial charge is 0.423 e. The lowest BCUT2D eigenvalue weighted by molar-refractivity contribution is 0.372. The van der Waals surface area contributed by atoms with Crippen LogP contribution in [0.15, 0.2) is 33.5 Å². The van der Waals surface area contributed by atoms with Crippen LogP contribution >= 0.6 is 7.60 Å². The van der Waals surface area contributed by atoms with E-state index in [0.717, 1.165) is 11.6 Å². The lowest BCUT2D eigenvalue weighted by atomic mass is 9.86. The third kappa shape index (κ3) is 3.37. The van der Waals surface area contributed by atoms with Gasteiger partial charge in [-0.1, -0.05) is 26.8 Å². The van der Waals surface area contributed by atoms with Gasteiger partial charge < -0.3 is 14.2 Å². The molecule has 5 nitrogen and oxygen atoms in total. The van der Waals surface area contributed by atoms with E-state index in [4.69, 9.17) is 14.2 Å². The maximum atomic E-state index is 11.5. The van der Waals surface area contributed by atoms with Gasteiger partial charge in [-0.15, -0.1) is 0 Å². The number of hydrogen-bond donors (Lipinski definition) is 2. The zero-order valence-electron chi connectivity index (χ0n) is 11.6. The summed E-state index contributed by atoms with van der Waals surface area (Å²) in [5, 5.41) is 0.570. The summed E-state index contributed by atoms with van der Waals surface area (Å²) in [6, 6.07) is 6.49. The summed E-state index contributed by atoms with van der Waals surface area (Å²) in [7, 11) is -4.25. The molecule has 0 aliphatic carbocycles. The highest BCUT2D eigenvalue weighted by Gasteiger charge is 2.20. The topological polar surface area (TPSA) is 87.7 Å². The molecule has 2 rings (SSSR count). The Balaban J connectivity index is 2.72. The van der Waals surface area contributed by atoms with E-state index >= 15 is 0 Å². The third-order valence-corrected chi connectivity index (χ3v) is 3.82. The quantitative estimate of drug-likeness (QED) is 0.657. The molecule has 0 amide bonds. The van der Waals surface area contributed by atoms with Crippen molar-refractivity contribution >= 4 is 18.6 Å². The SMILES string of the molecule is CC(C)(C)c1ccc2oc(=O)cc(CP(=O)(O)O)c2c1. The first-order valence-electron chi connectivity index (χ1n) is 6.18. The molecule has 0 aliphatic heterocycles. The van der Waals surface area contributed by atoms with Gasteiger partial charge >= 0.3 is 13.2 Å². The van der Waals surface area contributed by atoms with Crippen LogP contribution in [0.2, 0.25) is 0 Å². The van der Waals surface area contributed by atoms with Crippen LogP contribution in [0.5, 0.6) is 0 Å². The molecule has 2 N–H and O–H groups in total. The molecule has 0 spiro atoms. The Morgan fingerprint density at radius 3 is 2.40 bits per heavy atom. The second-order valence-corrected chi connectivity index (χ2v) is 7.52. The second-order valence-electron chi connectivity index (χ2n) is 5.87. The number of rotatable bonds is 2. The van der Waals surface area contributed by atoms with Gasteiger partial charge in [0.15, 0.2) is 0 Å². The highest BCUT2D eigenvalue weighted by Crippen LogP contribution is 2.40. The van der Waals surface area contributed by atoms with Crippen molar-refractivity contribution in [3.8, 4) is 0 Å². The molecular formula is C14H17O5P. The molecule has 0 atom stereocenters. The van der Waals surface area contributed by atoms with Crippen LogP contribution in [0.4, 0.5) is 0 Å². The van der Waals surface area contributed by atoms with E-state index in [1.54, 1.807) is 6.07 Å². The summed E-state index contributed by atoms with van der Waals surface area (Å²) in [6.45, 7) is 6.11. The zero-order chi connectivity index (χ0) is 15.1. The van der Waals surface area contributed by atoms with E-state index in [1.807, 2.05) is 32.9 Å². The van der Waals surface area contributed by atoms with E-state index in [-0.39, 0.29) is 5.41 Å². The van der Waals surface area contributed by atoms with E-state index in [9.17, 15) is 9.36 Å². The molecule has 0 fully saturated rings. The highest BCUT2D eigenvalue weighted by molar-refractivity contribution is 7.50. The van der Waals surface area contributed by atoms with Crippen LogP contribution < -0.4 is 5.63 Å². The summed E-state index contributed by atoms with van der Waals surface area (Å²) in [5.74, 6) is 0. The molecular weight excluding hydrogens is 279 g/mol. The smallest absolute Gasteiger partial charge is 0.336 e. The molecule has 1 aromatic carbocycles. The Morgan fingerprint density at radius 1 is 1.20 bits per heavy atom. The van der Waals surface area contributed by atoms with Crippen molar-refractivity contribution < 1.29 is 18.8 Å².